The number of carbonyl (C=O) groups excluding carboxylic acids is 1. The van der Waals surface area contributed by atoms with Crippen molar-refractivity contribution in [3.05, 3.63) is 106 Å². The van der Waals surface area contributed by atoms with Crippen LogP contribution in [0.15, 0.2) is 77.6 Å². The van der Waals surface area contributed by atoms with Gasteiger partial charge in [0.1, 0.15) is 17.6 Å². The molecular weight excluding hydrogens is 560 g/mol. The van der Waals surface area contributed by atoms with Crippen LogP contribution in [0, 0.1) is 11.6 Å². The fourth-order valence-corrected chi connectivity index (χ4v) is 6.11. The summed E-state index contributed by atoms with van der Waals surface area (Å²) in [6, 6.07) is 19.9. The van der Waals surface area contributed by atoms with E-state index < -0.39 is 23.2 Å². The Balaban J connectivity index is 1.37. The van der Waals surface area contributed by atoms with Crippen molar-refractivity contribution >= 4 is 32.7 Å². The molecule has 2 aromatic heterocycles. The van der Waals surface area contributed by atoms with Crippen LogP contribution in [0.3, 0.4) is 0 Å². The van der Waals surface area contributed by atoms with Crippen LogP contribution in [0.2, 0.25) is 0 Å². The van der Waals surface area contributed by atoms with Gasteiger partial charge in [0.25, 0.3) is 5.56 Å². The SMILES string of the molecule is COc1ccc(Cn2c(-c3ccc(F)c(F)c3)nc3sc(N4CCCC4C(=O)NCc4ccccc4)nc3c2=O)cc1. The zero-order valence-electron chi connectivity index (χ0n) is 22.7. The number of carbonyl (C=O) groups is 1. The van der Waals surface area contributed by atoms with Gasteiger partial charge in [-0.25, -0.2) is 18.7 Å². The highest BCUT2D eigenvalue weighted by Crippen LogP contribution is 2.33. The number of amides is 1. The predicted molar refractivity (Wildman–Crippen MR) is 158 cm³/mol. The molecule has 8 nitrogen and oxygen atoms in total. The number of thiazole rings is 1. The minimum absolute atomic E-state index is 0.108. The molecule has 3 heterocycles. The third kappa shape index (κ3) is 5.47. The largest absolute Gasteiger partial charge is 0.497 e. The number of nitrogens with zero attached hydrogens (tertiary/aromatic N) is 4. The van der Waals surface area contributed by atoms with Crippen LogP contribution in [0.5, 0.6) is 5.75 Å². The molecule has 0 radical (unpaired) electrons. The van der Waals surface area contributed by atoms with Crippen molar-refractivity contribution in [1.82, 2.24) is 19.9 Å². The van der Waals surface area contributed by atoms with E-state index in [9.17, 15) is 18.4 Å². The standard InChI is InChI=1S/C31H27F2N5O3S/c1-41-22-12-9-20(10-13-22)18-38-27(21-11-14-23(32)24(33)16-21)36-29-26(30(38)40)35-31(42-29)37-15-5-8-25(37)28(39)34-17-19-6-3-2-4-7-19/h2-4,6-7,9-14,16,25H,5,8,15,17-18H2,1H3,(H,34,39). The highest BCUT2D eigenvalue weighted by molar-refractivity contribution is 7.21. The third-order valence-corrected chi connectivity index (χ3v) is 8.28. The van der Waals surface area contributed by atoms with Crippen molar-refractivity contribution in [3.63, 3.8) is 0 Å². The highest BCUT2D eigenvalue weighted by atomic mass is 32.1. The Morgan fingerprint density at radius 1 is 1.02 bits per heavy atom. The molecular formula is C31H27F2N5O3S. The number of nitrogens with one attached hydrogen (secondary N) is 1. The minimum atomic E-state index is -1.04. The third-order valence-electron chi connectivity index (χ3n) is 7.30. The molecule has 0 bridgehead atoms. The first-order valence-corrected chi connectivity index (χ1v) is 14.3. The maximum Gasteiger partial charge on any atom is 0.281 e. The molecule has 1 N–H and O–H groups in total. The van der Waals surface area contributed by atoms with Crippen molar-refractivity contribution in [3.8, 4) is 17.1 Å². The number of methoxy groups -OCH3 is 1. The van der Waals surface area contributed by atoms with Gasteiger partial charge in [-0.15, -0.1) is 0 Å². The average molecular weight is 588 g/mol. The zero-order chi connectivity index (χ0) is 29.2. The van der Waals surface area contributed by atoms with E-state index in [4.69, 9.17) is 9.72 Å². The Morgan fingerprint density at radius 3 is 2.55 bits per heavy atom. The summed E-state index contributed by atoms with van der Waals surface area (Å²) < 4.78 is 34.7. The number of benzene rings is 3. The molecule has 0 aliphatic carbocycles. The molecule has 42 heavy (non-hydrogen) atoms. The molecule has 1 aliphatic rings. The molecule has 0 spiro atoms. The smallest absolute Gasteiger partial charge is 0.281 e. The van der Waals surface area contributed by atoms with E-state index in [2.05, 4.69) is 10.3 Å². The summed E-state index contributed by atoms with van der Waals surface area (Å²) in [5.74, 6) is -1.28. The summed E-state index contributed by atoms with van der Waals surface area (Å²) in [5, 5.41) is 3.53. The Hall–Kier alpha value is -4.64. The minimum Gasteiger partial charge on any atom is -0.497 e. The van der Waals surface area contributed by atoms with Crippen molar-refractivity contribution < 1.29 is 18.3 Å². The Kier molecular flexibility index (Phi) is 7.66. The van der Waals surface area contributed by atoms with Crippen LogP contribution in [-0.4, -0.2) is 40.1 Å². The first-order valence-electron chi connectivity index (χ1n) is 13.5. The van der Waals surface area contributed by atoms with E-state index in [0.29, 0.717) is 35.2 Å². The monoisotopic (exact) mass is 587 g/mol. The number of hydrogen-bond donors (Lipinski definition) is 1. The fourth-order valence-electron chi connectivity index (χ4n) is 5.11. The lowest BCUT2D eigenvalue weighted by Gasteiger charge is -2.23. The van der Waals surface area contributed by atoms with Gasteiger partial charge in [-0.2, -0.15) is 0 Å². The Bertz CT molecular complexity index is 1810. The van der Waals surface area contributed by atoms with Gasteiger partial charge < -0.3 is 15.0 Å². The van der Waals surface area contributed by atoms with Crippen LogP contribution < -0.4 is 20.5 Å². The van der Waals surface area contributed by atoms with Crippen LogP contribution in [0.4, 0.5) is 13.9 Å². The predicted octanol–water partition coefficient (Wildman–Crippen LogP) is 5.14. The van der Waals surface area contributed by atoms with E-state index in [-0.39, 0.29) is 29.4 Å². The second-order valence-electron chi connectivity index (χ2n) is 10.0. The molecule has 6 rings (SSSR count). The molecule has 11 heteroatoms. The molecule has 3 aromatic carbocycles. The number of hydrogen-bond acceptors (Lipinski definition) is 7. The van der Waals surface area contributed by atoms with Gasteiger partial charge in [-0.1, -0.05) is 53.8 Å². The van der Waals surface area contributed by atoms with E-state index >= 15 is 0 Å². The van der Waals surface area contributed by atoms with Crippen LogP contribution >= 0.6 is 11.3 Å². The van der Waals surface area contributed by atoms with Crippen LogP contribution in [0.25, 0.3) is 21.7 Å². The quantitative estimate of drug-likeness (QED) is 0.271. The molecule has 1 atom stereocenters. The van der Waals surface area contributed by atoms with Gasteiger partial charge in [-0.3, -0.25) is 14.2 Å². The van der Waals surface area contributed by atoms with E-state index in [1.165, 1.54) is 22.0 Å². The van der Waals surface area contributed by atoms with Crippen molar-refractivity contribution in [2.75, 3.05) is 18.6 Å². The van der Waals surface area contributed by atoms with E-state index in [1.807, 2.05) is 47.4 Å². The second kappa shape index (κ2) is 11.7. The number of fused-ring (bicyclic) bond motifs is 1. The summed E-state index contributed by atoms with van der Waals surface area (Å²) in [4.78, 5) is 38.7. The average Bonchev–Trinajstić information content (AvgIpc) is 3.67. The lowest BCUT2D eigenvalue weighted by molar-refractivity contribution is -0.122. The first-order chi connectivity index (χ1) is 20.4. The molecule has 1 amide bonds. The zero-order valence-corrected chi connectivity index (χ0v) is 23.5. The molecule has 1 saturated heterocycles. The van der Waals surface area contributed by atoms with E-state index in [0.717, 1.165) is 29.7 Å². The van der Waals surface area contributed by atoms with E-state index in [1.54, 1.807) is 19.2 Å². The van der Waals surface area contributed by atoms with Gasteiger partial charge in [-0.05, 0) is 54.3 Å². The topological polar surface area (TPSA) is 89.3 Å². The highest BCUT2D eigenvalue weighted by Gasteiger charge is 2.33. The maximum atomic E-state index is 14.3. The summed E-state index contributed by atoms with van der Waals surface area (Å²) in [6.07, 6.45) is 1.46. The lowest BCUT2D eigenvalue weighted by atomic mass is 10.1. The second-order valence-corrected chi connectivity index (χ2v) is 11.0. The van der Waals surface area contributed by atoms with Gasteiger partial charge >= 0.3 is 0 Å². The maximum absolute atomic E-state index is 14.3. The molecule has 214 valence electrons. The van der Waals surface area contributed by atoms with Crippen LogP contribution in [0.1, 0.15) is 24.0 Å². The summed E-state index contributed by atoms with van der Waals surface area (Å²) >= 11 is 1.21. The number of aromatic nitrogens is 3. The Labute approximate surface area is 244 Å². The number of rotatable bonds is 8. The summed E-state index contributed by atoms with van der Waals surface area (Å²) in [6.45, 7) is 1.15. The van der Waals surface area contributed by atoms with Crippen LogP contribution in [-0.2, 0) is 17.9 Å². The van der Waals surface area contributed by atoms with Crippen molar-refractivity contribution in [1.29, 1.82) is 0 Å². The number of halogens is 2. The lowest BCUT2D eigenvalue weighted by Crippen LogP contribution is -2.43. The molecule has 1 unspecified atom stereocenters. The van der Waals surface area contributed by atoms with Gasteiger partial charge in [0.15, 0.2) is 27.1 Å². The molecule has 1 fully saturated rings. The van der Waals surface area contributed by atoms with Crippen molar-refractivity contribution in [2.45, 2.75) is 32.0 Å². The summed E-state index contributed by atoms with van der Waals surface area (Å²) in [5.41, 5.74) is 1.79. The first kappa shape index (κ1) is 27.5. The molecule has 5 aromatic rings. The van der Waals surface area contributed by atoms with Crippen molar-refractivity contribution in [2.24, 2.45) is 0 Å². The number of anilines is 1. The van der Waals surface area contributed by atoms with Gasteiger partial charge in [0.2, 0.25) is 5.91 Å². The van der Waals surface area contributed by atoms with Gasteiger partial charge in [0, 0.05) is 18.7 Å². The van der Waals surface area contributed by atoms with Gasteiger partial charge in [0.05, 0.1) is 13.7 Å². The number of ether oxygens (including phenoxy) is 1. The fraction of sp³-hybridized carbons (Fsp3) is 0.226. The Morgan fingerprint density at radius 2 is 1.81 bits per heavy atom. The molecule has 0 saturated carbocycles. The summed E-state index contributed by atoms with van der Waals surface area (Å²) in [7, 11) is 1.57. The molecule has 1 aliphatic heterocycles. The normalized spacial score (nSPS) is 14.8.